The third kappa shape index (κ3) is 5.08. The van der Waals surface area contributed by atoms with Gasteiger partial charge in [0.1, 0.15) is 10.8 Å². The Hall–Kier alpha value is -3.79. The number of amides is 1. The van der Waals surface area contributed by atoms with Crippen molar-refractivity contribution in [2.24, 2.45) is 0 Å². The van der Waals surface area contributed by atoms with Crippen molar-refractivity contribution in [3.63, 3.8) is 0 Å². The van der Waals surface area contributed by atoms with Crippen molar-refractivity contribution >= 4 is 33.9 Å². The molecule has 1 N–H and O–H groups in total. The summed E-state index contributed by atoms with van der Waals surface area (Å²) in [5.41, 5.74) is 0.905. The molecule has 36 heavy (non-hydrogen) atoms. The van der Waals surface area contributed by atoms with E-state index in [-0.39, 0.29) is 16.5 Å². The van der Waals surface area contributed by atoms with Gasteiger partial charge in [-0.2, -0.15) is 0 Å². The number of carbonyl (C=O) groups excluding carboxylic acids is 2. The first-order valence-corrected chi connectivity index (χ1v) is 12.7. The second kappa shape index (κ2) is 11.3. The number of aryl methyl sites for hydroxylation is 1. The molecule has 4 rings (SSSR count). The first kappa shape index (κ1) is 25.3. The van der Waals surface area contributed by atoms with Gasteiger partial charge in [-0.15, -0.1) is 10.2 Å². The smallest absolute Gasteiger partial charge is 0.301 e. The van der Waals surface area contributed by atoms with E-state index in [0.717, 1.165) is 19.3 Å². The minimum Gasteiger partial charge on any atom is -0.507 e. The van der Waals surface area contributed by atoms with Crippen LogP contribution in [-0.4, -0.2) is 45.2 Å². The van der Waals surface area contributed by atoms with Gasteiger partial charge < -0.3 is 14.6 Å². The van der Waals surface area contributed by atoms with Gasteiger partial charge in [-0.05, 0) is 50.1 Å². The number of carbonyl (C=O) groups is 2. The summed E-state index contributed by atoms with van der Waals surface area (Å²) in [5.74, 6) is -0.809. The minimum absolute atomic E-state index is 0.0434. The molecule has 0 saturated carbocycles. The van der Waals surface area contributed by atoms with Crippen LogP contribution in [0.4, 0.5) is 5.13 Å². The lowest BCUT2D eigenvalue weighted by atomic mass is 9.95. The summed E-state index contributed by atoms with van der Waals surface area (Å²) in [4.78, 5) is 31.7. The van der Waals surface area contributed by atoms with Crippen molar-refractivity contribution in [1.29, 1.82) is 0 Å². The van der Waals surface area contributed by atoms with Gasteiger partial charge in [0.2, 0.25) is 5.13 Å². The lowest BCUT2D eigenvalue weighted by Crippen LogP contribution is -2.29. The fourth-order valence-electron chi connectivity index (χ4n) is 4.01. The van der Waals surface area contributed by atoms with Crippen LogP contribution < -0.4 is 14.4 Å². The van der Waals surface area contributed by atoms with Crippen LogP contribution in [0.25, 0.3) is 5.76 Å². The molecule has 3 aromatic rings. The maximum atomic E-state index is 13.3. The summed E-state index contributed by atoms with van der Waals surface area (Å²) in [7, 11) is 0. The van der Waals surface area contributed by atoms with E-state index in [9.17, 15) is 14.7 Å². The Morgan fingerprint density at radius 1 is 1.06 bits per heavy atom. The lowest BCUT2D eigenvalue weighted by Gasteiger charge is -2.23. The Kier molecular flexibility index (Phi) is 7.94. The number of hydrogen-bond acceptors (Lipinski definition) is 9. The molecule has 0 spiro atoms. The van der Waals surface area contributed by atoms with Gasteiger partial charge in [0, 0.05) is 18.0 Å². The number of hydrogen-bond donors (Lipinski definition) is 1. The molecule has 0 radical (unpaired) electrons. The van der Waals surface area contributed by atoms with E-state index in [1.165, 1.54) is 28.6 Å². The van der Waals surface area contributed by atoms with Crippen molar-refractivity contribution in [3.8, 4) is 11.5 Å². The zero-order valence-corrected chi connectivity index (χ0v) is 21.2. The van der Waals surface area contributed by atoms with Gasteiger partial charge in [0.25, 0.3) is 5.78 Å². The van der Waals surface area contributed by atoms with Crippen molar-refractivity contribution in [2.75, 3.05) is 18.1 Å². The summed E-state index contributed by atoms with van der Waals surface area (Å²) in [6, 6.07) is 7.51. The van der Waals surface area contributed by atoms with Gasteiger partial charge in [0.15, 0.2) is 11.5 Å². The topological polar surface area (TPSA) is 115 Å². The van der Waals surface area contributed by atoms with Crippen LogP contribution in [0.5, 0.6) is 11.5 Å². The number of aromatic nitrogens is 3. The number of aliphatic hydroxyl groups is 1. The maximum Gasteiger partial charge on any atom is 0.301 e. The SMILES string of the molecule is CCCCCOc1ccc(C2C(=C(O)c3ccncc3)C(=O)C(=O)N2c2nnc(C)s2)cc1OCC. The Morgan fingerprint density at radius 3 is 2.50 bits per heavy atom. The number of aliphatic hydroxyl groups excluding tert-OH is 1. The number of rotatable bonds is 10. The van der Waals surface area contributed by atoms with Crippen LogP contribution in [0.2, 0.25) is 0 Å². The molecule has 1 atom stereocenters. The first-order valence-electron chi connectivity index (χ1n) is 11.9. The summed E-state index contributed by atoms with van der Waals surface area (Å²) in [6.07, 6.45) is 6.08. The van der Waals surface area contributed by atoms with Crippen LogP contribution in [0.15, 0.2) is 48.3 Å². The van der Waals surface area contributed by atoms with E-state index in [1.54, 1.807) is 37.3 Å². The Labute approximate surface area is 213 Å². The Morgan fingerprint density at radius 2 is 1.83 bits per heavy atom. The molecule has 1 aliphatic heterocycles. The van der Waals surface area contributed by atoms with Crippen molar-refractivity contribution < 1.29 is 24.2 Å². The summed E-state index contributed by atoms with van der Waals surface area (Å²) >= 11 is 1.19. The number of Topliss-reactive ketones (excluding diaryl/α,β-unsaturated/α-hetero) is 1. The first-order chi connectivity index (χ1) is 17.5. The molecule has 0 aliphatic carbocycles. The predicted molar refractivity (Wildman–Crippen MR) is 136 cm³/mol. The molecule has 2 aromatic heterocycles. The Balaban J connectivity index is 1.83. The van der Waals surface area contributed by atoms with Crippen LogP contribution in [0.3, 0.4) is 0 Å². The minimum atomic E-state index is -0.932. The molecule has 1 unspecified atom stereocenters. The zero-order valence-electron chi connectivity index (χ0n) is 20.4. The number of nitrogens with zero attached hydrogens (tertiary/aromatic N) is 4. The molecule has 9 nitrogen and oxygen atoms in total. The summed E-state index contributed by atoms with van der Waals surface area (Å²) in [6.45, 7) is 6.72. The van der Waals surface area contributed by atoms with Crippen LogP contribution in [0, 0.1) is 6.92 Å². The largest absolute Gasteiger partial charge is 0.507 e. The monoisotopic (exact) mass is 508 g/mol. The number of ketones is 1. The molecule has 1 saturated heterocycles. The van der Waals surface area contributed by atoms with E-state index in [2.05, 4.69) is 22.1 Å². The summed E-state index contributed by atoms with van der Waals surface area (Å²) in [5, 5.41) is 20.2. The highest BCUT2D eigenvalue weighted by atomic mass is 32.1. The maximum absolute atomic E-state index is 13.3. The molecule has 3 heterocycles. The number of ether oxygens (including phenoxy) is 2. The predicted octanol–water partition coefficient (Wildman–Crippen LogP) is 4.84. The van der Waals surface area contributed by atoms with Crippen molar-refractivity contribution in [2.45, 2.75) is 46.1 Å². The average molecular weight is 509 g/mol. The molecule has 1 aromatic carbocycles. The van der Waals surface area contributed by atoms with E-state index in [4.69, 9.17) is 9.47 Å². The van der Waals surface area contributed by atoms with E-state index in [0.29, 0.717) is 40.8 Å². The standard InChI is InChI=1S/C26H28N4O5S/c1-4-6-7-14-35-19-9-8-18(15-20(19)34-5-2)22-21(23(31)17-10-12-27-13-11-17)24(32)25(33)30(22)26-29-28-16(3)36-26/h8-13,15,22,31H,4-7,14H2,1-3H3. The van der Waals surface area contributed by atoms with Crippen LogP contribution in [-0.2, 0) is 9.59 Å². The van der Waals surface area contributed by atoms with E-state index >= 15 is 0 Å². The average Bonchev–Trinajstić information content (AvgIpc) is 3.43. The van der Waals surface area contributed by atoms with Gasteiger partial charge in [-0.1, -0.05) is 37.2 Å². The highest BCUT2D eigenvalue weighted by Gasteiger charge is 2.48. The third-order valence-corrected chi connectivity index (χ3v) is 6.55. The van der Waals surface area contributed by atoms with Gasteiger partial charge in [-0.25, -0.2) is 0 Å². The molecule has 1 aliphatic rings. The molecule has 1 fully saturated rings. The van der Waals surface area contributed by atoms with E-state index < -0.39 is 17.7 Å². The van der Waals surface area contributed by atoms with E-state index in [1.807, 2.05) is 6.92 Å². The van der Waals surface area contributed by atoms with Crippen molar-refractivity contribution in [3.05, 3.63) is 64.4 Å². The van der Waals surface area contributed by atoms with Crippen LogP contribution >= 0.6 is 11.3 Å². The highest BCUT2D eigenvalue weighted by molar-refractivity contribution is 7.15. The highest BCUT2D eigenvalue weighted by Crippen LogP contribution is 2.44. The molecular weight excluding hydrogens is 480 g/mol. The zero-order chi connectivity index (χ0) is 25.7. The second-order valence-electron chi connectivity index (χ2n) is 8.20. The number of benzene rings is 1. The fourth-order valence-corrected chi connectivity index (χ4v) is 4.72. The van der Waals surface area contributed by atoms with Gasteiger partial charge >= 0.3 is 5.91 Å². The quantitative estimate of drug-likeness (QED) is 0.179. The van der Waals surface area contributed by atoms with Gasteiger partial charge in [-0.3, -0.25) is 19.5 Å². The normalized spacial score (nSPS) is 17.0. The van der Waals surface area contributed by atoms with Gasteiger partial charge in [0.05, 0.1) is 24.8 Å². The summed E-state index contributed by atoms with van der Waals surface area (Å²) < 4.78 is 11.8. The molecule has 0 bridgehead atoms. The number of pyridine rings is 1. The molecule has 10 heteroatoms. The fraction of sp³-hybridized carbons (Fsp3) is 0.346. The Bertz CT molecular complexity index is 1270. The lowest BCUT2D eigenvalue weighted by molar-refractivity contribution is -0.132. The van der Waals surface area contributed by atoms with Crippen molar-refractivity contribution in [1.82, 2.24) is 15.2 Å². The molecule has 188 valence electrons. The van der Waals surface area contributed by atoms with Crippen LogP contribution in [0.1, 0.15) is 55.3 Å². The number of unbranched alkanes of at least 4 members (excludes halogenated alkanes) is 2. The number of anilines is 1. The molecular formula is C26H28N4O5S. The third-order valence-electron chi connectivity index (χ3n) is 5.71. The second-order valence-corrected chi connectivity index (χ2v) is 9.36. The molecule has 1 amide bonds.